The maximum absolute atomic E-state index is 13.3. The SMILES string of the molecule is Cc1cccc2cc(C(=O)Nc3cncc(C(=O)c4cn(C(C)C)c5ncncc45)c3)nn12. The van der Waals surface area contributed by atoms with Gasteiger partial charge in [-0.05, 0) is 45.0 Å². The molecule has 0 radical (unpaired) electrons. The molecule has 0 atom stereocenters. The quantitative estimate of drug-likeness (QED) is 0.417. The lowest BCUT2D eigenvalue weighted by Crippen LogP contribution is -2.14. The Kier molecular flexibility index (Phi) is 4.93. The van der Waals surface area contributed by atoms with Gasteiger partial charge in [0, 0.05) is 41.3 Å². The number of rotatable bonds is 5. The minimum atomic E-state index is -0.380. The van der Waals surface area contributed by atoms with E-state index in [4.69, 9.17) is 0 Å². The predicted molar refractivity (Wildman–Crippen MR) is 123 cm³/mol. The first-order valence-electron chi connectivity index (χ1n) is 10.5. The van der Waals surface area contributed by atoms with Crippen molar-refractivity contribution in [2.24, 2.45) is 0 Å². The van der Waals surface area contributed by atoms with Gasteiger partial charge in [0.2, 0.25) is 0 Å². The molecule has 0 fully saturated rings. The number of ketones is 1. The molecule has 0 aromatic carbocycles. The van der Waals surface area contributed by atoms with E-state index in [1.807, 2.05) is 43.5 Å². The van der Waals surface area contributed by atoms with Crippen molar-refractivity contribution in [1.82, 2.24) is 29.1 Å². The second-order valence-corrected chi connectivity index (χ2v) is 8.08. The third-order valence-corrected chi connectivity index (χ3v) is 5.46. The van der Waals surface area contributed by atoms with Gasteiger partial charge in [0.15, 0.2) is 11.5 Å². The number of amides is 1. The van der Waals surface area contributed by atoms with Gasteiger partial charge in [0.1, 0.15) is 12.0 Å². The van der Waals surface area contributed by atoms with Crippen molar-refractivity contribution in [3.63, 3.8) is 0 Å². The molecule has 164 valence electrons. The minimum Gasteiger partial charge on any atom is -0.329 e. The number of aromatic nitrogens is 6. The lowest BCUT2D eigenvalue weighted by Gasteiger charge is -2.07. The minimum absolute atomic E-state index is 0.127. The van der Waals surface area contributed by atoms with Gasteiger partial charge < -0.3 is 9.88 Å². The number of pyridine rings is 2. The van der Waals surface area contributed by atoms with Crippen LogP contribution in [0.5, 0.6) is 0 Å². The number of aryl methyl sites for hydroxylation is 1. The van der Waals surface area contributed by atoms with Crippen LogP contribution in [0.25, 0.3) is 16.6 Å². The van der Waals surface area contributed by atoms with Crippen molar-refractivity contribution in [3.8, 4) is 0 Å². The maximum atomic E-state index is 13.3. The number of anilines is 1. The molecule has 1 amide bonds. The van der Waals surface area contributed by atoms with E-state index < -0.39 is 0 Å². The zero-order valence-corrected chi connectivity index (χ0v) is 18.4. The van der Waals surface area contributed by atoms with E-state index in [-0.39, 0.29) is 23.4 Å². The summed E-state index contributed by atoms with van der Waals surface area (Å²) in [6.45, 7) is 5.96. The van der Waals surface area contributed by atoms with E-state index in [2.05, 4.69) is 25.4 Å². The van der Waals surface area contributed by atoms with Gasteiger partial charge in [-0.2, -0.15) is 5.10 Å². The van der Waals surface area contributed by atoms with E-state index >= 15 is 0 Å². The Balaban J connectivity index is 1.45. The van der Waals surface area contributed by atoms with Crippen molar-refractivity contribution >= 4 is 33.9 Å². The third-order valence-electron chi connectivity index (χ3n) is 5.46. The van der Waals surface area contributed by atoms with E-state index in [9.17, 15) is 9.59 Å². The number of nitrogens with one attached hydrogen (secondary N) is 1. The number of nitrogens with zero attached hydrogens (tertiary/aromatic N) is 6. The first-order valence-corrected chi connectivity index (χ1v) is 10.5. The van der Waals surface area contributed by atoms with Gasteiger partial charge in [0.25, 0.3) is 5.91 Å². The number of fused-ring (bicyclic) bond motifs is 2. The van der Waals surface area contributed by atoms with E-state index in [0.717, 1.165) is 11.2 Å². The van der Waals surface area contributed by atoms with Crippen molar-refractivity contribution in [3.05, 3.63) is 84.0 Å². The second kappa shape index (κ2) is 7.94. The molecule has 9 nitrogen and oxygen atoms in total. The van der Waals surface area contributed by atoms with Crippen LogP contribution in [0.3, 0.4) is 0 Å². The second-order valence-electron chi connectivity index (χ2n) is 8.08. The summed E-state index contributed by atoms with van der Waals surface area (Å²) in [5, 5.41) is 7.83. The molecule has 5 aromatic rings. The average molecular weight is 439 g/mol. The highest BCUT2D eigenvalue weighted by molar-refractivity contribution is 6.16. The molecule has 0 aliphatic rings. The van der Waals surface area contributed by atoms with Crippen molar-refractivity contribution < 1.29 is 9.59 Å². The molecule has 0 aliphatic heterocycles. The van der Waals surface area contributed by atoms with Crippen LogP contribution >= 0.6 is 0 Å². The molecule has 33 heavy (non-hydrogen) atoms. The molecule has 0 saturated carbocycles. The predicted octanol–water partition coefficient (Wildman–Crippen LogP) is 3.85. The highest BCUT2D eigenvalue weighted by atomic mass is 16.2. The summed E-state index contributed by atoms with van der Waals surface area (Å²) >= 11 is 0. The van der Waals surface area contributed by atoms with Gasteiger partial charge >= 0.3 is 0 Å². The average Bonchev–Trinajstić information content (AvgIpc) is 3.42. The van der Waals surface area contributed by atoms with Crippen LogP contribution < -0.4 is 5.32 Å². The van der Waals surface area contributed by atoms with Crippen LogP contribution in [0.2, 0.25) is 0 Å². The Labute approximate surface area is 189 Å². The summed E-state index contributed by atoms with van der Waals surface area (Å²) in [6.07, 6.45) is 7.87. The van der Waals surface area contributed by atoms with Crippen LogP contribution in [-0.4, -0.2) is 40.8 Å². The molecular formula is C24H21N7O2. The number of carbonyl (C=O) groups excluding carboxylic acids is 2. The number of hydrogen-bond acceptors (Lipinski definition) is 6. The van der Waals surface area contributed by atoms with E-state index in [1.165, 1.54) is 18.7 Å². The summed E-state index contributed by atoms with van der Waals surface area (Å²) < 4.78 is 3.65. The standard InChI is InChI=1S/C24H21N7O2/c1-14(2)30-12-20(19-11-26-13-27-23(19)30)22(32)16-7-17(10-25-9-16)28-24(33)21-8-18-6-4-5-15(3)31(18)29-21/h4-14H,1-3H3,(H,28,33). The van der Waals surface area contributed by atoms with Crippen LogP contribution in [-0.2, 0) is 0 Å². The molecular weight excluding hydrogens is 418 g/mol. The fourth-order valence-electron chi connectivity index (χ4n) is 3.81. The summed E-state index contributed by atoms with van der Waals surface area (Å²) in [6, 6.07) is 9.16. The fourth-order valence-corrected chi connectivity index (χ4v) is 3.81. The zero-order chi connectivity index (χ0) is 23.1. The highest BCUT2D eigenvalue weighted by Gasteiger charge is 2.20. The van der Waals surface area contributed by atoms with Crippen LogP contribution in [0.4, 0.5) is 5.69 Å². The number of hydrogen-bond donors (Lipinski definition) is 1. The molecule has 5 aromatic heterocycles. The monoisotopic (exact) mass is 439 g/mol. The zero-order valence-electron chi connectivity index (χ0n) is 18.4. The summed E-state index contributed by atoms with van der Waals surface area (Å²) in [5.41, 5.74) is 3.96. The first-order chi connectivity index (χ1) is 15.9. The summed E-state index contributed by atoms with van der Waals surface area (Å²) in [4.78, 5) is 38.7. The Hall–Kier alpha value is -4.40. The molecule has 0 saturated heterocycles. The molecule has 0 spiro atoms. The Morgan fingerprint density at radius 1 is 1.06 bits per heavy atom. The molecule has 5 rings (SSSR count). The van der Waals surface area contributed by atoms with Crippen LogP contribution in [0.15, 0.2) is 61.4 Å². The smallest absolute Gasteiger partial charge is 0.276 e. The summed E-state index contributed by atoms with van der Waals surface area (Å²) in [7, 11) is 0. The fraction of sp³-hybridized carbons (Fsp3) is 0.167. The molecule has 9 heteroatoms. The third kappa shape index (κ3) is 3.63. The summed E-state index contributed by atoms with van der Waals surface area (Å²) in [5.74, 6) is -0.601. The largest absolute Gasteiger partial charge is 0.329 e. The van der Waals surface area contributed by atoms with Gasteiger partial charge in [-0.15, -0.1) is 0 Å². The van der Waals surface area contributed by atoms with Gasteiger partial charge in [-0.3, -0.25) is 14.6 Å². The van der Waals surface area contributed by atoms with Gasteiger partial charge in [-0.1, -0.05) is 6.07 Å². The van der Waals surface area contributed by atoms with Crippen molar-refractivity contribution in [2.45, 2.75) is 26.8 Å². The molecule has 0 aliphatic carbocycles. The Bertz CT molecular complexity index is 1530. The Morgan fingerprint density at radius 3 is 2.70 bits per heavy atom. The van der Waals surface area contributed by atoms with E-state index in [0.29, 0.717) is 27.8 Å². The number of carbonyl (C=O) groups is 2. The molecule has 5 heterocycles. The highest BCUT2D eigenvalue weighted by Crippen LogP contribution is 2.25. The topological polar surface area (TPSA) is 107 Å². The van der Waals surface area contributed by atoms with Crippen molar-refractivity contribution in [1.29, 1.82) is 0 Å². The van der Waals surface area contributed by atoms with E-state index in [1.54, 1.807) is 29.0 Å². The van der Waals surface area contributed by atoms with Gasteiger partial charge in [-0.25, -0.2) is 14.5 Å². The van der Waals surface area contributed by atoms with Gasteiger partial charge in [0.05, 0.1) is 23.0 Å². The first kappa shape index (κ1) is 20.5. The lowest BCUT2D eigenvalue weighted by atomic mass is 10.1. The Morgan fingerprint density at radius 2 is 1.91 bits per heavy atom. The lowest BCUT2D eigenvalue weighted by molar-refractivity contribution is 0.101. The normalized spacial score (nSPS) is 11.4. The molecule has 0 unspecified atom stereocenters. The molecule has 0 bridgehead atoms. The van der Waals surface area contributed by atoms with Crippen LogP contribution in [0, 0.1) is 6.92 Å². The molecule has 1 N–H and O–H groups in total. The van der Waals surface area contributed by atoms with Crippen molar-refractivity contribution in [2.75, 3.05) is 5.32 Å². The maximum Gasteiger partial charge on any atom is 0.276 e. The van der Waals surface area contributed by atoms with Crippen LogP contribution in [0.1, 0.15) is 52.0 Å².